The van der Waals surface area contributed by atoms with Crippen LogP contribution in [-0.4, -0.2) is 38.1 Å². The Morgan fingerprint density at radius 2 is 2.06 bits per heavy atom. The van der Waals surface area contributed by atoms with Crippen LogP contribution in [-0.2, 0) is 0 Å². The Kier molecular flexibility index (Phi) is 3.95. The fourth-order valence-corrected chi connectivity index (χ4v) is 1.32. The summed E-state index contributed by atoms with van der Waals surface area (Å²) in [7, 11) is 0. The van der Waals surface area contributed by atoms with Gasteiger partial charge in [-0.05, 0) is 13.8 Å². The number of nitrogens with one attached hydrogen (secondary N) is 1. The van der Waals surface area contributed by atoms with Crippen molar-refractivity contribution in [2.75, 3.05) is 18.5 Å². The molecule has 0 bridgehead atoms. The van der Waals surface area contributed by atoms with E-state index >= 15 is 0 Å². The van der Waals surface area contributed by atoms with E-state index in [0.717, 1.165) is 6.54 Å². The van der Waals surface area contributed by atoms with Crippen LogP contribution in [0.4, 0.5) is 5.95 Å². The molecule has 0 spiro atoms. The van der Waals surface area contributed by atoms with E-state index in [1.165, 1.54) is 0 Å². The molecule has 94 valence electrons. The minimum Gasteiger partial charge on any atom is -0.464 e. The van der Waals surface area contributed by atoms with Crippen LogP contribution in [0.25, 0.3) is 11.5 Å². The van der Waals surface area contributed by atoms with Crippen LogP contribution < -0.4 is 10.1 Å². The summed E-state index contributed by atoms with van der Waals surface area (Å²) in [6.45, 7) is 5.05. The molecule has 2 aromatic rings. The van der Waals surface area contributed by atoms with Crippen molar-refractivity contribution in [3.05, 3.63) is 18.6 Å². The molecule has 7 heteroatoms. The zero-order valence-electron chi connectivity index (χ0n) is 10.3. The molecular formula is C11H14N6O. The van der Waals surface area contributed by atoms with Gasteiger partial charge in [-0.15, -0.1) is 0 Å². The van der Waals surface area contributed by atoms with E-state index < -0.39 is 0 Å². The molecule has 0 unspecified atom stereocenters. The molecule has 0 fully saturated rings. The van der Waals surface area contributed by atoms with Crippen LogP contribution in [0.3, 0.4) is 0 Å². The van der Waals surface area contributed by atoms with E-state index in [1.807, 2.05) is 13.8 Å². The van der Waals surface area contributed by atoms with Gasteiger partial charge >= 0.3 is 6.01 Å². The smallest absolute Gasteiger partial charge is 0.321 e. The second-order valence-electron chi connectivity index (χ2n) is 3.32. The van der Waals surface area contributed by atoms with Crippen molar-refractivity contribution >= 4 is 5.95 Å². The van der Waals surface area contributed by atoms with Gasteiger partial charge in [0.25, 0.3) is 0 Å². The first-order chi connectivity index (χ1) is 8.83. The lowest BCUT2D eigenvalue weighted by atomic mass is 10.4. The van der Waals surface area contributed by atoms with Gasteiger partial charge in [-0.1, -0.05) is 0 Å². The molecule has 0 saturated heterocycles. The molecule has 0 aromatic carbocycles. The summed E-state index contributed by atoms with van der Waals surface area (Å²) in [5.74, 6) is 0.911. The number of rotatable bonds is 5. The fourth-order valence-electron chi connectivity index (χ4n) is 1.32. The van der Waals surface area contributed by atoms with E-state index in [9.17, 15) is 0 Å². The first-order valence-corrected chi connectivity index (χ1v) is 5.72. The lowest BCUT2D eigenvalue weighted by Gasteiger charge is -2.07. The van der Waals surface area contributed by atoms with Gasteiger partial charge in [-0.2, -0.15) is 15.0 Å². The standard InChI is InChI=1S/C11H14N6O/c1-3-13-10-15-9(8-7-12-5-6-14-8)16-11(17-10)18-4-2/h5-7H,3-4H2,1-2H3,(H,13,15,16,17). The fraction of sp³-hybridized carbons (Fsp3) is 0.364. The lowest BCUT2D eigenvalue weighted by Crippen LogP contribution is -2.08. The molecule has 0 aliphatic carbocycles. The van der Waals surface area contributed by atoms with Gasteiger partial charge in [0.2, 0.25) is 5.95 Å². The van der Waals surface area contributed by atoms with Crippen molar-refractivity contribution in [2.24, 2.45) is 0 Å². The van der Waals surface area contributed by atoms with Crippen LogP contribution >= 0.6 is 0 Å². The largest absolute Gasteiger partial charge is 0.464 e. The summed E-state index contributed by atoms with van der Waals surface area (Å²) in [5.41, 5.74) is 0.583. The van der Waals surface area contributed by atoms with Gasteiger partial charge in [0, 0.05) is 18.9 Å². The molecule has 7 nitrogen and oxygen atoms in total. The number of hydrogen-bond donors (Lipinski definition) is 1. The Balaban J connectivity index is 2.39. The topological polar surface area (TPSA) is 85.7 Å². The predicted octanol–water partition coefficient (Wildman–Crippen LogP) is 1.16. The van der Waals surface area contributed by atoms with Crippen LogP contribution in [0.1, 0.15) is 13.8 Å². The Morgan fingerprint density at radius 1 is 1.17 bits per heavy atom. The molecule has 18 heavy (non-hydrogen) atoms. The highest BCUT2D eigenvalue weighted by Gasteiger charge is 2.09. The number of aromatic nitrogens is 5. The average molecular weight is 246 g/mol. The molecule has 0 saturated carbocycles. The van der Waals surface area contributed by atoms with E-state index in [1.54, 1.807) is 18.6 Å². The maximum absolute atomic E-state index is 5.30. The molecule has 2 aromatic heterocycles. The van der Waals surface area contributed by atoms with E-state index in [2.05, 4.69) is 30.2 Å². The molecule has 0 aliphatic rings. The van der Waals surface area contributed by atoms with E-state index in [-0.39, 0.29) is 6.01 Å². The van der Waals surface area contributed by atoms with E-state index in [0.29, 0.717) is 24.1 Å². The first-order valence-electron chi connectivity index (χ1n) is 5.72. The molecule has 0 amide bonds. The summed E-state index contributed by atoms with van der Waals surface area (Å²) in [4.78, 5) is 20.7. The number of nitrogens with zero attached hydrogens (tertiary/aromatic N) is 5. The van der Waals surface area contributed by atoms with Gasteiger partial charge in [0.05, 0.1) is 12.8 Å². The van der Waals surface area contributed by atoms with Crippen LogP contribution in [0, 0.1) is 0 Å². The highest BCUT2D eigenvalue weighted by atomic mass is 16.5. The summed E-state index contributed by atoms with van der Waals surface area (Å²) in [6, 6.07) is 0.282. The second kappa shape index (κ2) is 5.85. The quantitative estimate of drug-likeness (QED) is 0.847. The third-order valence-electron chi connectivity index (χ3n) is 2.02. The van der Waals surface area contributed by atoms with Crippen LogP contribution in [0.5, 0.6) is 6.01 Å². The van der Waals surface area contributed by atoms with Gasteiger partial charge in [-0.3, -0.25) is 4.98 Å². The van der Waals surface area contributed by atoms with Crippen molar-refractivity contribution in [1.29, 1.82) is 0 Å². The SMILES string of the molecule is CCNc1nc(OCC)nc(-c2cnccn2)n1. The van der Waals surface area contributed by atoms with Gasteiger partial charge < -0.3 is 10.1 Å². The van der Waals surface area contributed by atoms with Crippen molar-refractivity contribution in [2.45, 2.75) is 13.8 Å². The van der Waals surface area contributed by atoms with Crippen molar-refractivity contribution in [3.8, 4) is 17.5 Å². The minimum absolute atomic E-state index is 0.282. The molecule has 0 aliphatic heterocycles. The summed E-state index contributed by atoms with van der Waals surface area (Å²) in [5, 5.41) is 3.03. The van der Waals surface area contributed by atoms with Crippen molar-refractivity contribution in [1.82, 2.24) is 24.9 Å². The van der Waals surface area contributed by atoms with E-state index in [4.69, 9.17) is 4.74 Å². The predicted molar refractivity (Wildman–Crippen MR) is 66.2 cm³/mol. The van der Waals surface area contributed by atoms with Crippen LogP contribution in [0.2, 0.25) is 0 Å². The Morgan fingerprint density at radius 3 is 2.72 bits per heavy atom. The Bertz CT molecular complexity index is 480. The lowest BCUT2D eigenvalue weighted by molar-refractivity contribution is 0.312. The summed E-state index contributed by atoms with van der Waals surface area (Å²) in [6.07, 6.45) is 4.78. The average Bonchev–Trinajstić information content (AvgIpc) is 2.40. The maximum atomic E-state index is 5.30. The second-order valence-corrected chi connectivity index (χ2v) is 3.32. The normalized spacial score (nSPS) is 10.1. The van der Waals surface area contributed by atoms with Crippen LogP contribution in [0.15, 0.2) is 18.6 Å². The van der Waals surface area contributed by atoms with Crippen molar-refractivity contribution in [3.63, 3.8) is 0 Å². The Labute approximate surface area is 105 Å². The number of anilines is 1. The molecule has 2 heterocycles. The number of ether oxygens (including phenoxy) is 1. The van der Waals surface area contributed by atoms with Crippen molar-refractivity contribution < 1.29 is 4.74 Å². The van der Waals surface area contributed by atoms with Gasteiger partial charge in [0.1, 0.15) is 5.69 Å². The highest BCUT2D eigenvalue weighted by molar-refractivity contribution is 5.49. The molecule has 2 rings (SSSR count). The maximum Gasteiger partial charge on any atom is 0.321 e. The molecule has 1 N–H and O–H groups in total. The Hall–Kier alpha value is -2.31. The molecular weight excluding hydrogens is 232 g/mol. The molecule has 0 radical (unpaired) electrons. The first kappa shape index (κ1) is 12.2. The third-order valence-corrected chi connectivity index (χ3v) is 2.02. The van der Waals surface area contributed by atoms with Gasteiger partial charge in [-0.25, -0.2) is 4.98 Å². The zero-order valence-corrected chi connectivity index (χ0v) is 10.3. The monoisotopic (exact) mass is 246 g/mol. The minimum atomic E-state index is 0.282. The zero-order chi connectivity index (χ0) is 12.8. The van der Waals surface area contributed by atoms with Gasteiger partial charge in [0.15, 0.2) is 5.82 Å². The third kappa shape index (κ3) is 2.88. The molecule has 0 atom stereocenters. The summed E-state index contributed by atoms with van der Waals surface area (Å²) >= 11 is 0. The highest BCUT2D eigenvalue weighted by Crippen LogP contribution is 2.15. The number of hydrogen-bond acceptors (Lipinski definition) is 7. The summed E-state index contributed by atoms with van der Waals surface area (Å²) < 4.78 is 5.30.